The Bertz CT molecular complexity index is 187. The fourth-order valence-corrected chi connectivity index (χ4v) is 1.48. The van der Waals surface area contributed by atoms with Crippen LogP contribution in [0.1, 0.15) is 53.4 Å². The van der Waals surface area contributed by atoms with Crippen molar-refractivity contribution in [1.29, 1.82) is 0 Å². The number of hydrogen-bond acceptors (Lipinski definition) is 2. The van der Waals surface area contributed by atoms with Crippen LogP contribution in [0.2, 0.25) is 0 Å². The Morgan fingerprint density at radius 3 is 2.40 bits per heavy atom. The van der Waals surface area contributed by atoms with Crippen molar-refractivity contribution in [3.8, 4) is 0 Å². The van der Waals surface area contributed by atoms with Crippen molar-refractivity contribution in [2.24, 2.45) is 10.8 Å². The predicted octanol–water partition coefficient (Wildman–Crippen LogP) is 1.77. The zero-order valence-corrected chi connectivity index (χ0v) is 10.6. The van der Waals surface area contributed by atoms with Crippen LogP contribution < -0.4 is 16.6 Å². The van der Waals surface area contributed by atoms with Crippen LogP contribution in [0.4, 0.5) is 0 Å². The second-order valence-electron chi connectivity index (χ2n) is 4.49. The molecule has 4 N–H and O–H groups in total. The van der Waals surface area contributed by atoms with Gasteiger partial charge in [-0.15, -0.1) is 0 Å². The minimum Gasteiger partial charge on any atom is -0.350 e. The second kappa shape index (κ2) is 7.51. The van der Waals surface area contributed by atoms with Crippen LogP contribution >= 0.6 is 0 Å². The molecule has 0 atom stereocenters. The summed E-state index contributed by atoms with van der Waals surface area (Å²) in [7, 11) is 0. The molecule has 0 rings (SSSR count). The summed E-state index contributed by atoms with van der Waals surface area (Å²) in [5, 5.41) is 3.32. The van der Waals surface area contributed by atoms with E-state index in [4.69, 9.17) is 5.84 Å². The molecule has 90 valence electrons. The number of aliphatic imine (C=N–C) groups is 1. The molecule has 0 heterocycles. The molecule has 0 aromatic carbocycles. The molecule has 0 unspecified atom stereocenters. The first kappa shape index (κ1) is 14.2. The van der Waals surface area contributed by atoms with Crippen molar-refractivity contribution < 1.29 is 0 Å². The highest BCUT2D eigenvalue weighted by Crippen LogP contribution is 2.09. The summed E-state index contributed by atoms with van der Waals surface area (Å²) < 4.78 is 0. The van der Waals surface area contributed by atoms with E-state index < -0.39 is 0 Å². The lowest BCUT2D eigenvalue weighted by Crippen LogP contribution is -2.51. The first-order valence-electron chi connectivity index (χ1n) is 5.85. The summed E-state index contributed by atoms with van der Waals surface area (Å²) in [6.07, 6.45) is 4.50. The van der Waals surface area contributed by atoms with Gasteiger partial charge in [-0.2, -0.15) is 0 Å². The molecule has 0 saturated heterocycles. The molecule has 0 amide bonds. The lowest BCUT2D eigenvalue weighted by Gasteiger charge is -2.27. The Morgan fingerprint density at radius 2 is 1.93 bits per heavy atom. The van der Waals surface area contributed by atoms with Gasteiger partial charge in [-0.25, -0.2) is 5.84 Å². The third-order valence-corrected chi connectivity index (χ3v) is 2.25. The first-order valence-corrected chi connectivity index (χ1v) is 5.85. The quantitative estimate of drug-likeness (QED) is 0.208. The molecule has 0 spiro atoms. The van der Waals surface area contributed by atoms with Crippen LogP contribution in [0.5, 0.6) is 0 Å². The summed E-state index contributed by atoms with van der Waals surface area (Å²) in [6.45, 7) is 9.46. The maximum atomic E-state index is 5.42. The van der Waals surface area contributed by atoms with Crippen molar-refractivity contribution in [3.63, 3.8) is 0 Å². The van der Waals surface area contributed by atoms with Crippen LogP contribution in [0.25, 0.3) is 0 Å². The Kier molecular flexibility index (Phi) is 7.13. The summed E-state index contributed by atoms with van der Waals surface area (Å²) >= 11 is 0. The van der Waals surface area contributed by atoms with Crippen LogP contribution in [0.15, 0.2) is 4.99 Å². The van der Waals surface area contributed by atoms with E-state index in [9.17, 15) is 0 Å². The van der Waals surface area contributed by atoms with Crippen LogP contribution in [-0.4, -0.2) is 18.0 Å². The molecule has 0 aromatic rings. The Balaban J connectivity index is 4.12. The normalized spacial score (nSPS) is 12.7. The standard InChI is InChI=1S/C11H26N4/c1-5-7-9-13-10(15-12)14-11(3,4)8-6-2/h5-9,12H2,1-4H3,(H2,13,14,15). The number of guanidine groups is 1. The molecule has 0 bridgehead atoms. The number of nitrogens with two attached hydrogens (primary N) is 1. The molecule has 15 heavy (non-hydrogen) atoms. The van der Waals surface area contributed by atoms with E-state index in [0.29, 0.717) is 5.96 Å². The minimum atomic E-state index is 0.0478. The number of nitrogens with one attached hydrogen (secondary N) is 2. The van der Waals surface area contributed by atoms with Gasteiger partial charge < -0.3 is 5.32 Å². The van der Waals surface area contributed by atoms with Crippen LogP contribution in [-0.2, 0) is 0 Å². The fourth-order valence-electron chi connectivity index (χ4n) is 1.48. The van der Waals surface area contributed by atoms with E-state index in [1.807, 2.05) is 0 Å². The van der Waals surface area contributed by atoms with Crippen LogP contribution in [0, 0.1) is 0 Å². The summed E-state index contributed by atoms with van der Waals surface area (Å²) in [5.41, 5.74) is 2.66. The molecule has 0 aromatic heterocycles. The SMILES string of the molecule is CCCCN=C(NN)NC(C)(C)CCC. The highest BCUT2D eigenvalue weighted by Gasteiger charge is 2.17. The number of hydrogen-bond donors (Lipinski definition) is 3. The van der Waals surface area contributed by atoms with Crippen molar-refractivity contribution in [3.05, 3.63) is 0 Å². The van der Waals surface area contributed by atoms with Gasteiger partial charge in [0.05, 0.1) is 0 Å². The van der Waals surface area contributed by atoms with E-state index in [0.717, 1.165) is 32.2 Å². The molecular formula is C11H26N4. The molecule has 4 heteroatoms. The van der Waals surface area contributed by atoms with Crippen molar-refractivity contribution >= 4 is 5.96 Å². The molecule has 0 radical (unpaired) electrons. The summed E-state index contributed by atoms with van der Waals surface area (Å²) in [4.78, 5) is 4.37. The second-order valence-corrected chi connectivity index (χ2v) is 4.49. The zero-order chi connectivity index (χ0) is 11.7. The molecule has 0 saturated carbocycles. The van der Waals surface area contributed by atoms with Crippen molar-refractivity contribution in [1.82, 2.24) is 10.7 Å². The number of unbranched alkanes of at least 4 members (excludes halogenated alkanes) is 1. The van der Waals surface area contributed by atoms with Gasteiger partial charge in [0, 0.05) is 12.1 Å². The maximum absolute atomic E-state index is 5.42. The van der Waals surface area contributed by atoms with Gasteiger partial charge in [0.25, 0.3) is 0 Å². The van der Waals surface area contributed by atoms with E-state index in [1.165, 1.54) is 0 Å². The fraction of sp³-hybridized carbons (Fsp3) is 0.909. The number of hydrazine groups is 1. The third-order valence-electron chi connectivity index (χ3n) is 2.25. The average Bonchev–Trinajstić information content (AvgIpc) is 2.16. The lowest BCUT2D eigenvalue weighted by molar-refractivity contribution is 0.414. The predicted molar refractivity (Wildman–Crippen MR) is 66.7 cm³/mol. The largest absolute Gasteiger partial charge is 0.350 e. The van der Waals surface area contributed by atoms with E-state index in [1.54, 1.807) is 0 Å². The zero-order valence-electron chi connectivity index (χ0n) is 10.6. The van der Waals surface area contributed by atoms with Gasteiger partial charge in [0.1, 0.15) is 0 Å². The molecule has 0 aliphatic carbocycles. The van der Waals surface area contributed by atoms with Gasteiger partial charge in [-0.1, -0.05) is 26.7 Å². The molecule has 0 aliphatic heterocycles. The Hall–Kier alpha value is -0.770. The van der Waals surface area contributed by atoms with Gasteiger partial charge in [0.15, 0.2) is 0 Å². The van der Waals surface area contributed by atoms with Gasteiger partial charge in [-0.05, 0) is 26.7 Å². The lowest BCUT2D eigenvalue weighted by atomic mass is 9.99. The summed E-state index contributed by atoms with van der Waals surface area (Å²) in [5.74, 6) is 6.11. The topological polar surface area (TPSA) is 62.4 Å². The van der Waals surface area contributed by atoms with Crippen molar-refractivity contribution in [2.75, 3.05) is 6.54 Å². The van der Waals surface area contributed by atoms with E-state index in [-0.39, 0.29) is 5.54 Å². The van der Waals surface area contributed by atoms with Gasteiger partial charge in [-0.3, -0.25) is 10.4 Å². The Labute approximate surface area is 93.7 Å². The molecule has 0 aliphatic rings. The van der Waals surface area contributed by atoms with E-state index >= 15 is 0 Å². The van der Waals surface area contributed by atoms with Crippen LogP contribution in [0.3, 0.4) is 0 Å². The number of nitrogens with zero attached hydrogens (tertiary/aromatic N) is 1. The van der Waals surface area contributed by atoms with Gasteiger partial charge in [0.2, 0.25) is 5.96 Å². The number of rotatable bonds is 6. The third kappa shape index (κ3) is 7.19. The molecule has 0 fully saturated rings. The van der Waals surface area contributed by atoms with E-state index in [2.05, 4.69) is 43.4 Å². The maximum Gasteiger partial charge on any atom is 0.206 e. The minimum absolute atomic E-state index is 0.0478. The smallest absolute Gasteiger partial charge is 0.206 e. The highest BCUT2D eigenvalue weighted by atomic mass is 15.3. The Morgan fingerprint density at radius 1 is 1.27 bits per heavy atom. The molecular weight excluding hydrogens is 188 g/mol. The van der Waals surface area contributed by atoms with Crippen molar-refractivity contribution in [2.45, 2.75) is 58.9 Å². The van der Waals surface area contributed by atoms with Gasteiger partial charge >= 0.3 is 0 Å². The highest BCUT2D eigenvalue weighted by molar-refractivity contribution is 5.79. The summed E-state index contributed by atoms with van der Waals surface area (Å²) in [6, 6.07) is 0. The molecule has 4 nitrogen and oxygen atoms in total. The first-order chi connectivity index (χ1) is 7.05. The monoisotopic (exact) mass is 214 g/mol. The average molecular weight is 214 g/mol.